The molecule has 0 aliphatic heterocycles. The minimum atomic E-state index is -0.663. The quantitative estimate of drug-likeness (QED) is 0.689. The van der Waals surface area contributed by atoms with E-state index in [0.717, 1.165) is 6.07 Å². The van der Waals surface area contributed by atoms with Crippen LogP contribution in [0.25, 0.3) is 0 Å². The van der Waals surface area contributed by atoms with E-state index in [-0.39, 0.29) is 11.7 Å². The van der Waals surface area contributed by atoms with Gasteiger partial charge in [0.25, 0.3) is 0 Å². The van der Waals surface area contributed by atoms with Crippen LogP contribution in [-0.2, 0) is 0 Å². The monoisotopic (exact) mass is 186 g/mol. The van der Waals surface area contributed by atoms with Gasteiger partial charge in [0.1, 0.15) is 5.82 Å². The second kappa shape index (κ2) is 3.73. The Bertz CT molecular complexity index is 308. The van der Waals surface area contributed by atoms with Gasteiger partial charge >= 0.3 is 0 Å². The van der Waals surface area contributed by atoms with Crippen molar-refractivity contribution in [3.63, 3.8) is 0 Å². The minimum absolute atomic E-state index is 0.0227. The van der Waals surface area contributed by atoms with Gasteiger partial charge in [-0.3, -0.25) is 0 Å². The number of hydrogen-bond acceptors (Lipinski definition) is 1. The van der Waals surface area contributed by atoms with E-state index in [9.17, 15) is 8.78 Å². The lowest BCUT2D eigenvalue weighted by molar-refractivity contribution is 0.382. The smallest absolute Gasteiger partial charge is 0.167 e. The molecule has 0 atom stereocenters. The van der Waals surface area contributed by atoms with Crippen LogP contribution in [0, 0.1) is 11.6 Å². The van der Waals surface area contributed by atoms with Gasteiger partial charge in [-0.15, -0.1) is 0 Å². The van der Waals surface area contributed by atoms with E-state index in [4.69, 9.17) is 4.74 Å². The molecule has 1 nitrogen and oxygen atoms in total. The molecule has 0 aliphatic carbocycles. The van der Waals surface area contributed by atoms with Crippen LogP contribution in [0.2, 0.25) is 0 Å². The first-order valence-electron chi connectivity index (χ1n) is 4.09. The predicted molar refractivity (Wildman–Crippen MR) is 47.0 cm³/mol. The zero-order valence-electron chi connectivity index (χ0n) is 7.90. The summed E-state index contributed by atoms with van der Waals surface area (Å²) in [6, 6.07) is 2.25. The van der Waals surface area contributed by atoms with Crippen molar-refractivity contribution in [2.24, 2.45) is 0 Å². The number of methoxy groups -OCH3 is 1. The molecule has 0 heterocycles. The number of hydrogen-bond donors (Lipinski definition) is 0. The molecule has 1 rings (SSSR count). The molecule has 0 N–H and O–H groups in total. The molecule has 72 valence electrons. The summed E-state index contributed by atoms with van der Waals surface area (Å²) >= 11 is 0. The Kier molecular flexibility index (Phi) is 2.86. The van der Waals surface area contributed by atoms with Crippen LogP contribution >= 0.6 is 0 Å². The highest BCUT2D eigenvalue weighted by Crippen LogP contribution is 2.26. The normalized spacial score (nSPS) is 10.6. The molecule has 3 heteroatoms. The van der Waals surface area contributed by atoms with Gasteiger partial charge in [0.15, 0.2) is 11.6 Å². The van der Waals surface area contributed by atoms with Crippen LogP contribution in [0.15, 0.2) is 12.1 Å². The summed E-state index contributed by atoms with van der Waals surface area (Å²) in [5.74, 6) is -1.07. The summed E-state index contributed by atoms with van der Waals surface area (Å²) in [7, 11) is 1.36. The lowest BCUT2D eigenvalue weighted by Crippen LogP contribution is -1.97. The Morgan fingerprint density at radius 3 is 2.23 bits per heavy atom. The highest BCUT2D eigenvalue weighted by atomic mass is 19.1. The zero-order valence-corrected chi connectivity index (χ0v) is 7.90. The molecule has 0 saturated heterocycles. The maximum absolute atomic E-state index is 13.1. The summed E-state index contributed by atoms with van der Waals surface area (Å²) in [6.07, 6.45) is 0. The number of ether oxygens (including phenoxy) is 1. The average molecular weight is 186 g/mol. The maximum Gasteiger partial charge on any atom is 0.167 e. The van der Waals surface area contributed by atoms with Gasteiger partial charge in [-0.2, -0.15) is 0 Å². The van der Waals surface area contributed by atoms with Crippen LogP contribution in [0.5, 0.6) is 5.75 Å². The molecule has 0 fully saturated rings. The first-order valence-corrected chi connectivity index (χ1v) is 4.09. The molecule has 0 saturated carbocycles. The van der Waals surface area contributed by atoms with E-state index < -0.39 is 11.6 Å². The predicted octanol–water partition coefficient (Wildman–Crippen LogP) is 3.10. The fourth-order valence-electron chi connectivity index (χ4n) is 1.14. The summed E-state index contributed by atoms with van der Waals surface area (Å²) in [6.45, 7) is 3.69. The Hall–Kier alpha value is -1.12. The molecule has 0 amide bonds. The van der Waals surface area contributed by atoms with Crippen molar-refractivity contribution in [3.8, 4) is 5.75 Å². The second-order valence-electron chi connectivity index (χ2n) is 3.16. The van der Waals surface area contributed by atoms with E-state index in [0.29, 0.717) is 5.56 Å². The van der Waals surface area contributed by atoms with Gasteiger partial charge in [-0.25, -0.2) is 8.78 Å². The van der Waals surface area contributed by atoms with Gasteiger partial charge in [-0.05, 0) is 17.5 Å². The zero-order chi connectivity index (χ0) is 10.0. The summed E-state index contributed by atoms with van der Waals surface area (Å²) in [5, 5.41) is 0. The van der Waals surface area contributed by atoms with Crippen molar-refractivity contribution in [1.29, 1.82) is 0 Å². The largest absolute Gasteiger partial charge is 0.494 e. The minimum Gasteiger partial charge on any atom is -0.494 e. The van der Waals surface area contributed by atoms with Crippen LogP contribution in [-0.4, -0.2) is 7.11 Å². The Morgan fingerprint density at radius 1 is 1.15 bits per heavy atom. The van der Waals surface area contributed by atoms with Crippen molar-refractivity contribution in [1.82, 2.24) is 0 Å². The molecule has 0 aliphatic rings. The van der Waals surface area contributed by atoms with E-state index in [1.165, 1.54) is 13.2 Å². The topological polar surface area (TPSA) is 9.23 Å². The fraction of sp³-hybridized carbons (Fsp3) is 0.400. The highest BCUT2D eigenvalue weighted by molar-refractivity contribution is 5.33. The highest BCUT2D eigenvalue weighted by Gasteiger charge is 2.12. The first-order chi connectivity index (χ1) is 6.06. The molecule has 0 bridgehead atoms. The van der Waals surface area contributed by atoms with Crippen molar-refractivity contribution < 1.29 is 13.5 Å². The number of benzene rings is 1. The third-order valence-electron chi connectivity index (χ3n) is 1.89. The molecule has 1 aromatic carbocycles. The molecular formula is C10H12F2O. The number of rotatable bonds is 2. The third-order valence-corrected chi connectivity index (χ3v) is 1.89. The fourth-order valence-corrected chi connectivity index (χ4v) is 1.14. The lowest BCUT2D eigenvalue weighted by atomic mass is 10.0. The Morgan fingerprint density at radius 2 is 1.77 bits per heavy atom. The first kappa shape index (κ1) is 9.96. The number of halogens is 2. The van der Waals surface area contributed by atoms with Gasteiger partial charge in [0.05, 0.1) is 7.11 Å². The molecule has 0 spiro atoms. The SMILES string of the molecule is COc1cc(C(C)C)c(F)cc1F. The van der Waals surface area contributed by atoms with Crippen LogP contribution in [0.1, 0.15) is 25.3 Å². The standard InChI is InChI=1S/C10H12F2O/c1-6(2)7-4-10(13-3)9(12)5-8(7)11/h4-6H,1-3H3. The molecule has 0 aromatic heterocycles. The third kappa shape index (κ3) is 1.97. The van der Waals surface area contributed by atoms with Crippen molar-refractivity contribution >= 4 is 0 Å². The van der Waals surface area contributed by atoms with Crippen LogP contribution in [0.4, 0.5) is 8.78 Å². The summed E-state index contributed by atoms with van der Waals surface area (Å²) in [4.78, 5) is 0. The van der Waals surface area contributed by atoms with Crippen molar-refractivity contribution in [3.05, 3.63) is 29.3 Å². The summed E-state index contributed by atoms with van der Waals surface area (Å²) in [5.41, 5.74) is 0.471. The van der Waals surface area contributed by atoms with E-state index in [1.807, 2.05) is 13.8 Å². The Labute approximate surface area is 76.3 Å². The van der Waals surface area contributed by atoms with Gasteiger partial charge < -0.3 is 4.74 Å². The van der Waals surface area contributed by atoms with Gasteiger partial charge in [0.2, 0.25) is 0 Å². The van der Waals surface area contributed by atoms with E-state index >= 15 is 0 Å². The maximum atomic E-state index is 13.1. The molecule has 13 heavy (non-hydrogen) atoms. The molecule has 0 radical (unpaired) electrons. The van der Waals surface area contributed by atoms with Crippen LogP contribution < -0.4 is 4.74 Å². The van der Waals surface area contributed by atoms with Gasteiger partial charge in [-0.1, -0.05) is 13.8 Å². The van der Waals surface area contributed by atoms with E-state index in [1.54, 1.807) is 0 Å². The van der Waals surface area contributed by atoms with E-state index in [2.05, 4.69) is 0 Å². The Balaban J connectivity index is 3.22. The molecule has 0 unspecified atom stereocenters. The van der Waals surface area contributed by atoms with Crippen LogP contribution in [0.3, 0.4) is 0 Å². The molecule has 1 aromatic rings. The lowest BCUT2D eigenvalue weighted by Gasteiger charge is -2.09. The second-order valence-corrected chi connectivity index (χ2v) is 3.16. The van der Waals surface area contributed by atoms with Crippen molar-refractivity contribution in [2.75, 3.05) is 7.11 Å². The molecular weight excluding hydrogens is 174 g/mol. The van der Waals surface area contributed by atoms with Crippen molar-refractivity contribution in [2.45, 2.75) is 19.8 Å². The average Bonchev–Trinajstić information content (AvgIpc) is 2.03. The van der Waals surface area contributed by atoms with Gasteiger partial charge in [0, 0.05) is 6.07 Å². The summed E-state index contributed by atoms with van der Waals surface area (Å²) < 4.78 is 30.8.